The molecule has 0 aliphatic carbocycles. The summed E-state index contributed by atoms with van der Waals surface area (Å²) < 4.78 is 0. The van der Waals surface area contributed by atoms with Gasteiger partial charge in [0.2, 0.25) is 0 Å². The molecule has 3 rings (SSSR count). The van der Waals surface area contributed by atoms with Crippen molar-refractivity contribution in [1.82, 2.24) is 0 Å². The second kappa shape index (κ2) is 8.14. The topological polar surface area (TPSA) is 52.0 Å². The lowest BCUT2D eigenvalue weighted by Gasteiger charge is -2.23. The third-order valence-electron chi connectivity index (χ3n) is 6.24. The van der Waals surface area contributed by atoms with Crippen LogP contribution in [0.15, 0.2) is 66.7 Å². The van der Waals surface area contributed by atoms with Crippen molar-refractivity contribution in [2.24, 2.45) is 11.5 Å². The molecule has 3 aromatic rings. The molecule has 3 aromatic carbocycles. The highest BCUT2D eigenvalue weighted by molar-refractivity contribution is 5.75. The average Bonchev–Trinajstić information content (AvgIpc) is 2.74. The van der Waals surface area contributed by atoms with E-state index in [4.69, 9.17) is 11.5 Å². The maximum Gasteiger partial charge on any atom is 0.00190 e. The van der Waals surface area contributed by atoms with Gasteiger partial charge in [0.25, 0.3) is 0 Å². The quantitative estimate of drug-likeness (QED) is 0.562. The number of hydrogen-bond acceptors (Lipinski definition) is 2. The summed E-state index contributed by atoms with van der Waals surface area (Å²) in [5.41, 5.74) is 20.6. The highest BCUT2D eigenvalue weighted by atomic mass is 14.6. The molecule has 29 heavy (non-hydrogen) atoms. The fraction of sp³-hybridized carbons (Fsp3) is 0.333. The van der Waals surface area contributed by atoms with Gasteiger partial charge in [0.15, 0.2) is 0 Å². The molecule has 0 radical (unpaired) electrons. The van der Waals surface area contributed by atoms with Gasteiger partial charge in [-0.3, -0.25) is 0 Å². The Bertz CT molecular complexity index is 964. The summed E-state index contributed by atoms with van der Waals surface area (Å²) in [5, 5.41) is 0. The molecule has 0 saturated heterocycles. The van der Waals surface area contributed by atoms with E-state index in [1.807, 2.05) is 0 Å². The summed E-state index contributed by atoms with van der Waals surface area (Å²) in [4.78, 5) is 0. The Morgan fingerprint density at radius 2 is 1.00 bits per heavy atom. The van der Waals surface area contributed by atoms with Gasteiger partial charge in [-0.25, -0.2) is 0 Å². The number of hydrogen-bond donors (Lipinski definition) is 2. The standard InChI is InChI=1S/C27H34N2/c1-19-6-7-22(20-8-12-23(13-9-20)26(2,3)17-28)16-25(19)21-10-14-24(15-11-21)27(4,5)18-29/h6-16H,17-18,28-29H2,1-5H3. The van der Waals surface area contributed by atoms with Gasteiger partial charge >= 0.3 is 0 Å². The van der Waals surface area contributed by atoms with Gasteiger partial charge in [-0.15, -0.1) is 0 Å². The van der Waals surface area contributed by atoms with E-state index in [1.54, 1.807) is 0 Å². The molecule has 0 fully saturated rings. The zero-order valence-corrected chi connectivity index (χ0v) is 18.4. The number of aryl methyl sites for hydroxylation is 1. The first-order chi connectivity index (χ1) is 13.7. The number of benzene rings is 3. The Kier molecular flexibility index (Phi) is 5.97. The fourth-order valence-corrected chi connectivity index (χ4v) is 3.56. The Labute approximate surface area is 176 Å². The molecule has 0 amide bonds. The Balaban J connectivity index is 1.95. The normalized spacial score (nSPS) is 12.2. The van der Waals surface area contributed by atoms with E-state index in [9.17, 15) is 0 Å². The molecular weight excluding hydrogens is 352 g/mol. The summed E-state index contributed by atoms with van der Waals surface area (Å²) in [5.74, 6) is 0. The lowest BCUT2D eigenvalue weighted by molar-refractivity contribution is 0.539. The van der Waals surface area contributed by atoms with Crippen molar-refractivity contribution >= 4 is 0 Å². The van der Waals surface area contributed by atoms with Crippen molar-refractivity contribution in [2.45, 2.75) is 45.4 Å². The molecule has 0 aliphatic rings. The van der Waals surface area contributed by atoms with Gasteiger partial charge in [0, 0.05) is 23.9 Å². The van der Waals surface area contributed by atoms with Gasteiger partial charge < -0.3 is 11.5 Å². The zero-order valence-electron chi connectivity index (χ0n) is 18.4. The van der Waals surface area contributed by atoms with Crippen LogP contribution in [0.2, 0.25) is 0 Å². The molecule has 2 heteroatoms. The van der Waals surface area contributed by atoms with Gasteiger partial charge in [-0.05, 0) is 51.9 Å². The van der Waals surface area contributed by atoms with E-state index in [0.717, 1.165) is 0 Å². The first-order valence-electron chi connectivity index (χ1n) is 10.4. The minimum absolute atomic E-state index is 0.00395. The second-order valence-electron chi connectivity index (χ2n) is 9.36. The van der Waals surface area contributed by atoms with Crippen LogP contribution in [0, 0.1) is 6.92 Å². The van der Waals surface area contributed by atoms with E-state index in [2.05, 4.69) is 101 Å². The minimum Gasteiger partial charge on any atom is -0.330 e. The predicted molar refractivity (Wildman–Crippen MR) is 126 cm³/mol. The average molecular weight is 387 g/mol. The van der Waals surface area contributed by atoms with Gasteiger partial charge in [0.05, 0.1) is 0 Å². The van der Waals surface area contributed by atoms with Crippen LogP contribution in [0.3, 0.4) is 0 Å². The van der Waals surface area contributed by atoms with E-state index in [1.165, 1.54) is 38.9 Å². The maximum absolute atomic E-state index is 5.94. The van der Waals surface area contributed by atoms with Crippen LogP contribution in [0.4, 0.5) is 0 Å². The molecule has 4 N–H and O–H groups in total. The molecule has 2 nitrogen and oxygen atoms in total. The van der Waals surface area contributed by atoms with Crippen LogP contribution in [0.1, 0.15) is 44.4 Å². The molecular formula is C27H34N2. The minimum atomic E-state index is -0.00548. The van der Waals surface area contributed by atoms with Crippen molar-refractivity contribution in [2.75, 3.05) is 13.1 Å². The lowest BCUT2D eigenvalue weighted by atomic mass is 9.83. The molecule has 0 saturated carbocycles. The van der Waals surface area contributed by atoms with E-state index >= 15 is 0 Å². The van der Waals surface area contributed by atoms with Crippen molar-refractivity contribution in [3.05, 3.63) is 83.4 Å². The molecule has 0 aliphatic heterocycles. The summed E-state index contributed by atoms with van der Waals surface area (Å²) in [6, 6.07) is 24.3. The Morgan fingerprint density at radius 1 is 0.586 bits per heavy atom. The van der Waals surface area contributed by atoms with Gasteiger partial charge in [-0.2, -0.15) is 0 Å². The predicted octanol–water partition coefficient (Wildman–Crippen LogP) is 5.80. The monoisotopic (exact) mass is 386 g/mol. The Hall–Kier alpha value is -2.42. The zero-order chi connectivity index (χ0) is 21.2. The Morgan fingerprint density at radius 3 is 1.45 bits per heavy atom. The molecule has 0 aromatic heterocycles. The van der Waals surface area contributed by atoms with Crippen LogP contribution in [0.25, 0.3) is 22.3 Å². The third-order valence-corrected chi connectivity index (χ3v) is 6.24. The highest BCUT2D eigenvalue weighted by Gasteiger charge is 2.19. The van der Waals surface area contributed by atoms with Crippen molar-refractivity contribution in [3.63, 3.8) is 0 Å². The first-order valence-corrected chi connectivity index (χ1v) is 10.4. The largest absolute Gasteiger partial charge is 0.330 e. The smallest absolute Gasteiger partial charge is 0.00190 e. The molecule has 152 valence electrons. The summed E-state index contributed by atoms with van der Waals surface area (Å²) in [6.07, 6.45) is 0. The fourth-order valence-electron chi connectivity index (χ4n) is 3.56. The van der Waals surface area contributed by atoms with Crippen molar-refractivity contribution in [1.29, 1.82) is 0 Å². The molecule has 0 atom stereocenters. The van der Waals surface area contributed by atoms with Crippen molar-refractivity contribution in [3.8, 4) is 22.3 Å². The van der Waals surface area contributed by atoms with Crippen LogP contribution >= 0.6 is 0 Å². The molecule has 0 heterocycles. The lowest BCUT2D eigenvalue weighted by Crippen LogP contribution is -2.27. The number of nitrogens with two attached hydrogens (primary N) is 2. The molecule has 0 bridgehead atoms. The van der Waals surface area contributed by atoms with Crippen LogP contribution in [0.5, 0.6) is 0 Å². The van der Waals surface area contributed by atoms with Gasteiger partial charge in [-0.1, -0.05) is 88.4 Å². The summed E-state index contributed by atoms with van der Waals surface area (Å²) in [7, 11) is 0. The number of rotatable bonds is 6. The summed E-state index contributed by atoms with van der Waals surface area (Å²) in [6.45, 7) is 12.2. The first kappa shape index (κ1) is 21.3. The SMILES string of the molecule is Cc1ccc(-c2ccc(C(C)(C)CN)cc2)cc1-c1ccc(C(C)(C)CN)cc1. The maximum atomic E-state index is 5.94. The summed E-state index contributed by atoms with van der Waals surface area (Å²) >= 11 is 0. The van der Waals surface area contributed by atoms with Crippen LogP contribution in [-0.4, -0.2) is 13.1 Å². The van der Waals surface area contributed by atoms with Gasteiger partial charge in [0.1, 0.15) is 0 Å². The highest BCUT2D eigenvalue weighted by Crippen LogP contribution is 2.32. The van der Waals surface area contributed by atoms with E-state index in [-0.39, 0.29) is 10.8 Å². The van der Waals surface area contributed by atoms with E-state index < -0.39 is 0 Å². The molecule has 0 unspecified atom stereocenters. The van der Waals surface area contributed by atoms with E-state index in [0.29, 0.717) is 13.1 Å². The second-order valence-corrected chi connectivity index (χ2v) is 9.36. The van der Waals surface area contributed by atoms with Crippen LogP contribution < -0.4 is 11.5 Å². The molecule has 0 spiro atoms. The third kappa shape index (κ3) is 4.44. The van der Waals surface area contributed by atoms with Crippen molar-refractivity contribution < 1.29 is 0 Å². The van der Waals surface area contributed by atoms with Crippen LogP contribution in [-0.2, 0) is 10.8 Å².